The van der Waals surface area contributed by atoms with E-state index in [1.807, 2.05) is 18.2 Å². The molecule has 0 saturated heterocycles. The molecule has 160 valence electrons. The fourth-order valence-corrected chi connectivity index (χ4v) is 3.10. The van der Waals surface area contributed by atoms with Crippen LogP contribution in [0.1, 0.15) is 11.1 Å². The topological polar surface area (TPSA) is 106 Å². The summed E-state index contributed by atoms with van der Waals surface area (Å²) in [6.45, 7) is 1.95. The SMILES string of the molecule is CN(C)c1cccc(CCNCCc2c[nH]c3ccc(Cl)cc23)c1.O=C(O)C(=O)O. The zero-order valence-corrected chi connectivity index (χ0v) is 17.7. The molecule has 0 aliphatic carbocycles. The van der Waals surface area contributed by atoms with Crippen LogP contribution < -0.4 is 10.2 Å². The van der Waals surface area contributed by atoms with Gasteiger partial charge in [0.25, 0.3) is 0 Å². The van der Waals surface area contributed by atoms with Crippen LogP contribution in [-0.4, -0.2) is 54.3 Å². The van der Waals surface area contributed by atoms with Crippen LogP contribution in [0.4, 0.5) is 5.69 Å². The average molecular weight is 432 g/mol. The first-order valence-electron chi connectivity index (χ1n) is 9.46. The van der Waals surface area contributed by atoms with Crippen molar-refractivity contribution in [3.05, 3.63) is 64.8 Å². The molecule has 30 heavy (non-hydrogen) atoms. The minimum absolute atomic E-state index is 0.789. The summed E-state index contributed by atoms with van der Waals surface area (Å²) in [6.07, 6.45) is 4.13. The molecule has 0 aliphatic heterocycles. The lowest BCUT2D eigenvalue weighted by molar-refractivity contribution is -0.159. The largest absolute Gasteiger partial charge is 0.473 e. The minimum atomic E-state index is -1.82. The predicted molar refractivity (Wildman–Crippen MR) is 120 cm³/mol. The summed E-state index contributed by atoms with van der Waals surface area (Å²) in [5.41, 5.74) is 5.08. The summed E-state index contributed by atoms with van der Waals surface area (Å²) in [5, 5.41) is 20.3. The van der Waals surface area contributed by atoms with E-state index in [1.165, 1.54) is 22.2 Å². The van der Waals surface area contributed by atoms with E-state index in [0.29, 0.717) is 0 Å². The Labute approximate surface area is 180 Å². The maximum absolute atomic E-state index is 9.10. The van der Waals surface area contributed by atoms with Crippen molar-refractivity contribution in [1.29, 1.82) is 0 Å². The number of nitrogens with one attached hydrogen (secondary N) is 2. The Morgan fingerprint density at radius 3 is 2.40 bits per heavy atom. The number of halogens is 1. The van der Waals surface area contributed by atoms with Crippen LogP contribution >= 0.6 is 11.6 Å². The summed E-state index contributed by atoms with van der Waals surface area (Å²) in [7, 11) is 4.15. The fourth-order valence-electron chi connectivity index (χ4n) is 2.93. The summed E-state index contributed by atoms with van der Waals surface area (Å²) in [5.74, 6) is -3.65. The van der Waals surface area contributed by atoms with Crippen molar-refractivity contribution in [2.75, 3.05) is 32.1 Å². The number of carbonyl (C=O) groups is 2. The van der Waals surface area contributed by atoms with Crippen LogP contribution in [0.5, 0.6) is 0 Å². The highest BCUT2D eigenvalue weighted by molar-refractivity contribution is 6.31. The van der Waals surface area contributed by atoms with Crippen LogP contribution in [0.2, 0.25) is 5.02 Å². The average Bonchev–Trinajstić information content (AvgIpc) is 3.10. The fraction of sp³-hybridized carbons (Fsp3) is 0.273. The second kappa shape index (κ2) is 11.2. The van der Waals surface area contributed by atoms with Gasteiger partial charge in [-0.3, -0.25) is 0 Å². The molecule has 0 saturated carbocycles. The smallest absolute Gasteiger partial charge is 0.414 e. The van der Waals surface area contributed by atoms with E-state index in [9.17, 15) is 0 Å². The highest BCUT2D eigenvalue weighted by Gasteiger charge is 2.05. The van der Waals surface area contributed by atoms with E-state index in [-0.39, 0.29) is 0 Å². The lowest BCUT2D eigenvalue weighted by atomic mass is 10.1. The molecule has 4 N–H and O–H groups in total. The molecule has 1 heterocycles. The third-order valence-corrected chi connectivity index (χ3v) is 4.74. The predicted octanol–water partition coefficient (Wildman–Crippen LogP) is 3.42. The van der Waals surface area contributed by atoms with Gasteiger partial charge in [0, 0.05) is 41.9 Å². The number of hydrogen-bond acceptors (Lipinski definition) is 4. The number of aromatic nitrogens is 1. The van der Waals surface area contributed by atoms with Crippen LogP contribution in [0.15, 0.2) is 48.7 Å². The Balaban J connectivity index is 0.000000469. The number of anilines is 1. The Morgan fingerprint density at radius 1 is 1.03 bits per heavy atom. The first-order chi connectivity index (χ1) is 14.3. The van der Waals surface area contributed by atoms with Crippen LogP contribution in [0, 0.1) is 0 Å². The number of carboxylic acids is 2. The molecule has 0 amide bonds. The highest BCUT2D eigenvalue weighted by atomic mass is 35.5. The molecule has 0 spiro atoms. The van der Waals surface area contributed by atoms with Crippen LogP contribution in [0.3, 0.4) is 0 Å². The van der Waals surface area contributed by atoms with Crippen molar-refractivity contribution in [2.24, 2.45) is 0 Å². The molecule has 0 bridgehead atoms. The third-order valence-electron chi connectivity index (χ3n) is 4.50. The molecule has 3 aromatic rings. The number of benzene rings is 2. The van der Waals surface area contributed by atoms with E-state index < -0.39 is 11.9 Å². The van der Waals surface area contributed by atoms with Gasteiger partial charge in [-0.15, -0.1) is 0 Å². The molecule has 0 atom stereocenters. The van der Waals surface area contributed by atoms with Crippen molar-refractivity contribution >= 4 is 40.1 Å². The molecule has 2 aromatic carbocycles. The van der Waals surface area contributed by atoms with Gasteiger partial charge in [-0.1, -0.05) is 23.7 Å². The monoisotopic (exact) mass is 431 g/mol. The molecule has 0 fully saturated rings. The molecular formula is C22H26ClN3O4. The van der Waals surface area contributed by atoms with Gasteiger partial charge in [-0.05, 0) is 67.4 Å². The summed E-state index contributed by atoms with van der Waals surface area (Å²) in [6, 6.07) is 14.7. The summed E-state index contributed by atoms with van der Waals surface area (Å²) in [4.78, 5) is 23.6. The molecule has 3 rings (SSSR count). The third kappa shape index (κ3) is 7.09. The van der Waals surface area contributed by atoms with E-state index in [1.54, 1.807) is 0 Å². The quantitative estimate of drug-likeness (QED) is 0.337. The van der Waals surface area contributed by atoms with Crippen molar-refractivity contribution in [3.63, 3.8) is 0 Å². The first kappa shape index (κ1) is 23.3. The Kier molecular flexibility index (Phi) is 8.70. The van der Waals surface area contributed by atoms with Crippen molar-refractivity contribution in [2.45, 2.75) is 12.8 Å². The molecule has 0 aliphatic rings. The van der Waals surface area contributed by atoms with Gasteiger partial charge in [-0.2, -0.15) is 0 Å². The van der Waals surface area contributed by atoms with Gasteiger partial charge >= 0.3 is 11.9 Å². The lowest BCUT2D eigenvalue weighted by Gasteiger charge is -2.13. The second-order valence-electron chi connectivity index (χ2n) is 6.93. The first-order valence-corrected chi connectivity index (χ1v) is 9.84. The van der Waals surface area contributed by atoms with Crippen molar-refractivity contribution < 1.29 is 19.8 Å². The Bertz CT molecular complexity index is 989. The number of hydrogen-bond donors (Lipinski definition) is 4. The van der Waals surface area contributed by atoms with Crippen molar-refractivity contribution in [3.8, 4) is 0 Å². The van der Waals surface area contributed by atoms with E-state index in [2.05, 4.69) is 59.8 Å². The Morgan fingerprint density at radius 2 is 1.73 bits per heavy atom. The minimum Gasteiger partial charge on any atom is -0.473 e. The summed E-state index contributed by atoms with van der Waals surface area (Å²) >= 11 is 6.10. The van der Waals surface area contributed by atoms with Gasteiger partial charge in [0.2, 0.25) is 0 Å². The zero-order valence-electron chi connectivity index (χ0n) is 17.0. The number of H-pyrrole nitrogens is 1. The highest BCUT2D eigenvalue weighted by Crippen LogP contribution is 2.22. The summed E-state index contributed by atoms with van der Waals surface area (Å²) < 4.78 is 0. The van der Waals surface area contributed by atoms with Gasteiger partial charge in [-0.25, -0.2) is 9.59 Å². The molecule has 0 radical (unpaired) electrons. The Hall–Kier alpha value is -3.03. The second-order valence-corrected chi connectivity index (χ2v) is 7.36. The zero-order chi connectivity index (χ0) is 22.1. The molecule has 0 unspecified atom stereocenters. The van der Waals surface area contributed by atoms with Crippen molar-refractivity contribution in [1.82, 2.24) is 10.3 Å². The van der Waals surface area contributed by atoms with Gasteiger partial charge in [0.15, 0.2) is 0 Å². The van der Waals surface area contributed by atoms with Gasteiger partial charge < -0.3 is 25.4 Å². The van der Waals surface area contributed by atoms with Gasteiger partial charge in [0.05, 0.1) is 0 Å². The van der Waals surface area contributed by atoms with Gasteiger partial charge in [0.1, 0.15) is 0 Å². The van der Waals surface area contributed by atoms with E-state index in [0.717, 1.165) is 36.5 Å². The molecular weight excluding hydrogens is 406 g/mol. The number of fused-ring (bicyclic) bond motifs is 1. The van der Waals surface area contributed by atoms with Crippen LogP contribution in [-0.2, 0) is 22.4 Å². The molecule has 7 nitrogen and oxygen atoms in total. The maximum atomic E-state index is 9.10. The number of aromatic amines is 1. The van der Waals surface area contributed by atoms with E-state index >= 15 is 0 Å². The van der Waals surface area contributed by atoms with E-state index in [4.69, 9.17) is 31.4 Å². The molecule has 8 heteroatoms. The standard InChI is InChI=1S/C20H24ClN3.C2H2O4/c1-24(2)18-5-3-4-15(12-18)8-10-22-11-9-16-14-23-20-7-6-17(21)13-19(16)20;3-1(4)2(5)6/h3-7,12-14,22-23H,8-11H2,1-2H3;(H,3,4)(H,5,6). The number of carboxylic acid groups (broad SMARTS) is 2. The normalized spacial score (nSPS) is 10.4. The number of aliphatic carboxylic acids is 2. The number of rotatable bonds is 7. The molecule has 1 aromatic heterocycles. The lowest BCUT2D eigenvalue weighted by Crippen LogP contribution is -2.20. The van der Waals surface area contributed by atoms with Crippen LogP contribution in [0.25, 0.3) is 10.9 Å². The maximum Gasteiger partial charge on any atom is 0.414 e. The number of nitrogens with zero attached hydrogens (tertiary/aromatic N) is 1.